The minimum absolute atomic E-state index is 0.151. The number of nitrogens with zero attached hydrogens (tertiary/aromatic N) is 2. The monoisotopic (exact) mass is 446 g/mol. The third kappa shape index (κ3) is 3.76. The fourth-order valence-electron chi connectivity index (χ4n) is 3.70. The second-order valence-corrected chi connectivity index (χ2v) is 8.47. The van der Waals surface area contributed by atoms with E-state index < -0.39 is 0 Å². The molecule has 7 heteroatoms. The van der Waals surface area contributed by atoms with Crippen LogP contribution in [-0.4, -0.2) is 31.2 Å². The lowest BCUT2D eigenvalue weighted by Crippen LogP contribution is -2.30. The van der Waals surface area contributed by atoms with Gasteiger partial charge < -0.3 is 14.2 Å². The first kappa shape index (κ1) is 20.3. The molecule has 162 valence electrons. The maximum absolute atomic E-state index is 13.7. The van der Waals surface area contributed by atoms with Crippen LogP contribution in [0.5, 0.6) is 17.2 Å². The molecule has 1 aliphatic rings. The van der Waals surface area contributed by atoms with Crippen LogP contribution in [0.2, 0.25) is 0 Å². The zero-order valence-electron chi connectivity index (χ0n) is 17.8. The Balaban J connectivity index is 1.59. The Kier molecular flexibility index (Phi) is 5.41. The van der Waals surface area contributed by atoms with Crippen molar-refractivity contribution < 1.29 is 19.0 Å². The number of amides is 1. The molecule has 0 spiro atoms. The largest absolute Gasteiger partial charge is 0.494 e. The van der Waals surface area contributed by atoms with Gasteiger partial charge in [-0.3, -0.25) is 9.69 Å². The zero-order valence-corrected chi connectivity index (χ0v) is 18.6. The van der Waals surface area contributed by atoms with Gasteiger partial charge in [0.1, 0.15) is 24.5 Å². The third-order valence-electron chi connectivity index (χ3n) is 5.36. The van der Waals surface area contributed by atoms with Gasteiger partial charge in [-0.05, 0) is 42.3 Å². The minimum Gasteiger partial charge on any atom is -0.494 e. The summed E-state index contributed by atoms with van der Waals surface area (Å²) < 4.78 is 17.8. The molecule has 6 nitrogen and oxygen atoms in total. The lowest BCUT2D eigenvalue weighted by Gasteiger charge is -2.22. The van der Waals surface area contributed by atoms with Crippen molar-refractivity contribution in [1.29, 1.82) is 0 Å². The molecule has 1 aliphatic heterocycles. The molecule has 0 bridgehead atoms. The van der Waals surface area contributed by atoms with Gasteiger partial charge in [-0.25, -0.2) is 4.98 Å². The van der Waals surface area contributed by atoms with Gasteiger partial charge in [0.05, 0.1) is 18.4 Å². The maximum atomic E-state index is 13.7. The van der Waals surface area contributed by atoms with E-state index in [4.69, 9.17) is 19.2 Å². The molecule has 0 fully saturated rings. The Hall–Kier alpha value is -3.58. The lowest BCUT2D eigenvalue weighted by molar-refractivity contribution is 0.0984. The second-order valence-electron chi connectivity index (χ2n) is 7.49. The molecule has 1 aromatic heterocycles. The van der Waals surface area contributed by atoms with Crippen LogP contribution >= 0.6 is 11.3 Å². The quantitative estimate of drug-likeness (QED) is 0.420. The smallest absolute Gasteiger partial charge is 0.260 e. The van der Waals surface area contributed by atoms with Crippen molar-refractivity contribution in [3.8, 4) is 17.2 Å². The average Bonchev–Trinajstić information content (AvgIpc) is 3.29. The molecule has 0 saturated heterocycles. The number of anilines is 1. The Morgan fingerprint density at radius 1 is 1.06 bits per heavy atom. The van der Waals surface area contributed by atoms with Crippen LogP contribution in [0.1, 0.15) is 21.5 Å². The van der Waals surface area contributed by atoms with Crippen LogP contribution in [0, 0.1) is 6.92 Å². The van der Waals surface area contributed by atoms with E-state index in [-0.39, 0.29) is 5.91 Å². The van der Waals surface area contributed by atoms with E-state index in [1.165, 1.54) is 11.3 Å². The highest BCUT2D eigenvalue weighted by atomic mass is 32.1. The van der Waals surface area contributed by atoms with E-state index in [2.05, 4.69) is 0 Å². The Morgan fingerprint density at radius 3 is 2.62 bits per heavy atom. The van der Waals surface area contributed by atoms with Gasteiger partial charge in [0.25, 0.3) is 5.91 Å². The van der Waals surface area contributed by atoms with Crippen LogP contribution in [0.4, 0.5) is 5.13 Å². The fraction of sp³-hybridized carbons (Fsp3) is 0.200. The molecule has 1 amide bonds. The SMILES string of the molecule is COc1ccc(C)c2sc(N(Cc3ccccc3)C(=O)c3ccc4c(c3)OCCO4)nc12. The normalized spacial score (nSPS) is 12.6. The molecular weight excluding hydrogens is 424 g/mol. The molecule has 2 heterocycles. The van der Waals surface area contributed by atoms with Crippen LogP contribution in [0.25, 0.3) is 10.2 Å². The van der Waals surface area contributed by atoms with Gasteiger partial charge in [-0.1, -0.05) is 47.7 Å². The fourth-order valence-corrected chi connectivity index (χ4v) is 4.75. The van der Waals surface area contributed by atoms with Crippen LogP contribution in [-0.2, 0) is 6.54 Å². The van der Waals surface area contributed by atoms with E-state index in [0.717, 1.165) is 21.3 Å². The number of aryl methyl sites for hydroxylation is 1. The molecule has 32 heavy (non-hydrogen) atoms. The summed E-state index contributed by atoms with van der Waals surface area (Å²) in [6.45, 7) is 3.41. The highest BCUT2D eigenvalue weighted by Gasteiger charge is 2.25. The first-order chi connectivity index (χ1) is 15.6. The van der Waals surface area contributed by atoms with Crippen molar-refractivity contribution in [2.45, 2.75) is 13.5 Å². The number of hydrogen-bond acceptors (Lipinski definition) is 6. The molecule has 0 radical (unpaired) electrons. The number of carbonyl (C=O) groups excluding carboxylic acids is 1. The summed E-state index contributed by atoms with van der Waals surface area (Å²) in [5.41, 5.74) is 3.39. The van der Waals surface area contributed by atoms with E-state index in [1.807, 2.05) is 49.4 Å². The molecule has 3 aromatic carbocycles. The van der Waals surface area contributed by atoms with Gasteiger partial charge >= 0.3 is 0 Å². The van der Waals surface area contributed by atoms with E-state index in [0.29, 0.717) is 47.7 Å². The summed E-state index contributed by atoms with van der Waals surface area (Å²) in [5.74, 6) is 1.78. The topological polar surface area (TPSA) is 60.9 Å². The van der Waals surface area contributed by atoms with Crippen molar-refractivity contribution in [2.24, 2.45) is 0 Å². The molecule has 0 saturated carbocycles. The summed E-state index contributed by atoms with van der Waals surface area (Å²) in [7, 11) is 1.63. The number of fused-ring (bicyclic) bond motifs is 2. The van der Waals surface area contributed by atoms with Crippen molar-refractivity contribution in [3.63, 3.8) is 0 Å². The first-order valence-electron chi connectivity index (χ1n) is 10.3. The number of ether oxygens (including phenoxy) is 3. The number of aromatic nitrogens is 1. The van der Waals surface area contributed by atoms with E-state index >= 15 is 0 Å². The standard InChI is InChI=1S/C25H22N2O4S/c1-16-8-10-20(29-2)22-23(16)32-25(26-22)27(15-17-6-4-3-5-7-17)24(28)18-9-11-19-21(14-18)31-13-12-30-19/h3-11,14H,12-13,15H2,1-2H3. The van der Waals surface area contributed by atoms with E-state index in [9.17, 15) is 4.79 Å². The molecule has 4 aromatic rings. The lowest BCUT2D eigenvalue weighted by atomic mass is 10.1. The highest BCUT2D eigenvalue weighted by Crippen LogP contribution is 2.38. The van der Waals surface area contributed by atoms with Crippen molar-refractivity contribution in [2.75, 3.05) is 25.2 Å². The number of methoxy groups -OCH3 is 1. The van der Waals surface area contributed by atoms with E-state index in [1.54, 1.807) is 30.2 Å². The second kappa shape index (κ2) is 8.51. The molecule has 0 aliphatic carbocycles. The Morgan fingerprint density at radius 2 is 1.84 bits per heavy atom. The van der Waals surface area contributed by atoms with Gasteiger partial charge in [-0.2, -0.15) is 0 Å². The number of rotatable bonds is 5. The maximum Gasteiger partial charge on any atom is 0.260 e. The molecule has 0 N–H and O–H groups in total. The molecular formula is C25H22N2O4S. The third-order valence-corrected chi connectivity index (χ3v) is 6.57. The Bertz CT molecular complexity index is 1290. The van der Waals surface area contributed by atoms with Crippen LogP contribution < -0.4 is 19.1 Å². The highest BCUT2D eigenvalue weighted by molar-refractivity contribution is 7.22. The van der Waals surface area contributed by atoms with Crippen LogP contribution in [0.3, 0.4) is 0 Å². The summed E-state index contributed by atoms with van der Waals surface area (Å²) >= 11 is 1.49. The number of benzene rings is 3. The minimum atomic E-state index is -0.151. The molecule has 0 atom stereocenters. The number of carbonyl (C=O) groups is 1. The summed E-state index contributed by atoms with van der Waals surface area (Å²) in [4.78, 5) is 20.2. The van der Waals surface area contributed by atoms with Crippen molar-refractivity contribution >= 4 is 32.6 Å². The van der Waals surface area contributed by atoms with Gasteiger partial charge in [-0.15, -0.1) is 0 Å². The molecule has 5 rings (SSSR count). The average molecular weight is 447 g/mol. The summed E-state index contributed by atoms with van der Waals surface area (Å²) in [5, 5.41) is 0.622. The van der Waals surface area contributed by atoms with Gasteiger partial charge in [0.15, 0.2) is 16.6 Å². The predicted octanol–water partition coefficient (Wildman–Crippen LogP) is 5.23. The summed E-state index contributed by atoms with van der Waals surface area (Å²) in [6.07, 6.45) is 0. The predicted molar refractivity (Wildman–Crippen MR) is 125 cm³/mol. The van der Waals surface area contributed by atoms with Crippen molar-refractivity contribution in [1.82, 2.24) is 4.98 Å². The van der Waals surface area contributed by atoms with Gasteiger partial charge in [0.2, 0.25) is 0 Å². The van der Waals surface area contributed by atoms with Gasteiger partial charge in [0, 0.05) is 5.56 Å². The number of thiazole rings is 1. The van der Waals surface area contributed by atoms with Crippen LogP contribution in [0.15, 0.2) is 60.7 Å². The number of hydrogen-bond donors (Lipinski definition) is 0. The zero-order chi connectivity index (χ0) is 22.1. The Labute approximate surface area is 190 Å². The summed E-state index contributed by atoms with van der Waals surface area (Å²) in [6, 6.07) is 19.1. The molecule has 0 unspecified atom stereocenters. The first-order valence-corrected chi connectivity index (χ1v) is 11.2. The van der Waals surface area contributed by atoms with Crippen molar-refractivity contribution in [3.05, 3.63) is 77.4 Å².